The highest BCUT2D eigenvalue weighted by Crippen LogP contribution is 2.44. The van der Waals surface area contributed by atoms with E-state index >= 15 is 0 Å². The lowest BCUT2D eigenvalue weighted by molar-refractivity contribution is 1.13. The molecule has 2 aromatic heterocycles. The van der Waals surface area contributed by atoms with Gasteiger partial charge in [-0.15, -0.1) is 0 Å². The first-order valence-corrected chi connectivity index (χ1v) is 39.3. The Labute approximate surface area is 662 Å². The zero-order valence-corrected chi connectivity index (χ0v) is 62.6. The summed E-state index contributed by atoms with van der Waals surface area (Å²) in [4.78, 5) is 0. The summed E-state index contributed by atoms with van der Waals surface area (Å²) in [6, 6.07) is 159. The maximum absolute atomic E-state index is 2.38. The van der Waals surface area contributed by atoms with E-state index in [1.54, 1.807) is 0 Å². The van der Waals surface area contributed by atoms with Crippen molar-refractivity contribution in [3.8, 4) is 123 Å². The number of nitrogens with zero attached hydrogens (tertiary/aromatic N) is 2. The molecule has 0 N–H and O–H groups in total. The molecule has 0 unspecified atom stereocenters. The molecule has 532 valence electrons. The van der Waals surface area contributed by atoms with Crippen molar-refractivity contribution in [2.45, 2.75) is 0 Å². The standard InChI is InChI=1S/C60H39N.C52H35N/c1-4-16-50-41(11-1)14-9-21-52(50)43-25-23-40(24-26-43)47-33-36-60-58(37-47)59(46-29-27-44(28-30-46)53-22-10-15-42-12-2-5-17-51(42)53)39-61(60)49-34-31-45(32-35-49)57-38-48-13-3-6-18-54(48)55-19-7-8-20-56(55)57;1-3-11-36(12-4-1)38-19-21-40(22-20-38)43-29-32-52-50(33-43)51(42-25-23-39(24-26-42)37-13-5-2-6-14-37)35-53(52)45-30-27-41(28-31-45)49-34-44-15-7-8-16-46(44)47-17-9-10-18-48(47)49/h1-39H;1-35H. The van der Waals surface area contributed by atoms with Crippen LogP contribution in [0.3, 0.4) is 0 Å². The van der Waals surface area contributed by atoms with Gasteiger partial charge >= 0.3 is 0 Å². The molecule has 0 bridgehead atoms. The number of hydrogen-bond acceptors (Lipinski definition) is 0. The van der Waals surface area contributed by atoms with Gasteiger partial charge in [0.1, 0.15) is 0 Å². The highest BCUT2D eigenvalue weighted by atomic mass is 15.0. The normalized spacial score (nSPS) is 11.5. The van der Waals surface area contributed by atoms with E-state index in [0.717, 1.165) is 11.4 Å². The minimum Gasteiger partial charge on any atom is -0.316 e. The second-order valence-electron chi connectivity index (χ2n) is 29.9. The van der Waals surface area contributed by atoms with Crippen molar-refractivity contribution in [1.29, 1.82) is 0 Å². The first kappa shape index (κ1) is 67.2. The van der Waals surface area contributed by atoms with Crippen LogP contribution in [0.2, 0.25) is 0 Å². The minimum absolute atomic E-state index is 1.13. The van der Waals surface area contributed by atoms with Crippen LogP contribution in [0.1, 0.15) is 0 Å². The predicted molar refractivity (Wildman–Crippen MR) is 486 cm³/mol. The molecular formula is C112H74N2. The van der Waals surface area contributed by atoms with E-state index in [9.17, 15) is 0 Å². The van der Waals surface area contributed by atoms with Gasteiger partial charge in [-0.05, 0) is 225 Å². The molecule has 2 nitrogen and oxygen atoms in total. The zero-order chi connectivity index (χ0) is 75.4. The van der Waals surface area contributed by atoms with Crippen LogP contribution in [0.15, 0.2) is 449 Å². The molecule has 22 rings (SSSR count). The van der Waals surface area contributed by atoms with Crippen LogP contribution in [0.5, 0.6) is 0 Å². The predicted octanol–water partition coefficient (Wildman–Crippen LogP) is 30.9. The van der Waals surface area contributed by atoms with Gasteiger partial charge in [0, 0.05) is 45.7 Å². The molecule has 0 aliphatic carbocycles. The quantitative estimate of drug-likeness (QED) is 0.108. The van der Waals surface area contributed by atoms with Crippen LogP contribution in [0.4, 0.5) is 0 Å². The van der Waals surface area contributed by atoms with E-state index in [1.807, 2.05) is 0 Å². The maximum atomic E-state index is 2.38. The molecule has 22 aromatic rings. The Bertz CT molecular complexity index is 7370. The Morgan fingerprint density at radius 1 is 0.123 bits per heavy atom. The molecular weight excluding hydrogens is 1370 g/mol. The summed E-state index contributed by atoms with van der Waals surface area (Å²) in [7, 11) is 0. The van der Waals surface area contributed by atoms with E-state index in [2.05, 4.69) is 458 Å². The van der Waals surface area contributed by atoms with Crippen LogP contribution >= 0.6 is 0 Å². The van der Waals surface area contributed by atoms with Crippen molar-refractivity contribution in [2.24, 2.45) is 0 Å². The third-order valence-electron chi connectivity index (χ3n) is 23.3. The molecule has 2 heterocycles. The Hall–Kier alpha value is -15.0. The van der Waals surface area contributed by atoms with Gasteiger partial charge in [0.2, 0.25) is 0 Å². The first-order valence-electron chi connectivity index (χ1n) is 39.3. The van der Waals surface area contributed by atoms with Crippen LogP contribution in [0.25, 0.3) is 209 Å². The molecule has 114 heavy (non-hydrogen) atoms. The molecule has 0 saturated carbocycles. The second kappa shape index (κ2) is 28.8. The summed E-state index contributed by atoms with van der Waals surface area (Å²) in [5.41, 5.74) is 29.0. The lowest BCUT2D eigenvalue weighted by Crippen LogP contribution is -1.92. The van der Waals surface area contributed by atoms with E-state index < -0.39 is 0 Å². The number of benzene rings is 20. The Kier molecular flexibility index (Phi) is 17.0. The van der Waals surface area contributed by atoms with Crippen LogP contribution in [0, 0.1) is 0 Å². The molecule has 2 heteroatoms. The van der Waals surface area contributed by atoms with Crippen molar-refractivity contribution < 1.29 is 0 Å². The van der Waals surface area contributed by atoms with Gasteiger partial charge in [-0.25, -0.2) is 0 Å². The van der Waals surface area contributed by atoms with Gasteiger partial charge in [0.15, 0.2) is 0 Å². The SMILES string of the molecule is c1ccc(-c2ccc(-c3ccc4c(c3)c(-c3ccc(-c5ccccc5)cc3)cn4-c3ccc(-c4cc5ccccc5c5ccccc45)cc3)cc2)cc1.c1ccc2c(-c3ccc(-c4ccc5c(c4)c(-c4ccc(-c6cccc7ccccc67)cc4)cn5-c4ccc(-c5cc6ccccc6c6ccccc56)cc4)cc3)cccc2c1. The second-order valence-corrected chi connectivity index (χ2v) is 29.9. The summed E-state index contributed by atoms with van der Waals surface area (Å²) in [5.74, 6) is 0. The Morgan fingerprint density at radius 3 is 0.754 bits per heavy atom. The fourth-order valence-electron chi connectivity index (χ4n) is 17.5. The lowest BCUT2D eigenvalue weighted by atomic mass is 9.93. The van der Waals surface area contributed by atoms with Crippen molar-refractivity contribution >= 4 is 86.4 Å². The molecule has 0 amide bonds. The van der Waals surface area contributed by atoms with Gasteiger partial charge < -0.3 is 9.13 Å². The van der Waals surface area contributed by atoms with Crippen LogP contribution in [-0.4, -0.2) is 9.13 Å². The van der Waals surface area contributed by atoms with Gasteiger partial charge in [-0.2, -0.15) is 0 Å². The minimum atomic E-state index is 1.13. The molecule has 0 atom stereocenters. The smallest absolute Gasteiger partial charge is 0.0535 e. The molecule has 0 aliphatic heterocycles. The molecule has 0 spiro atoms. The average molecular weight is 1450 g/mol. The topological polar surface area (TPSA) is 9.86 Å². The first-order chi connectivity index (χ1) is 56.5. The molecule has 0 radical (unpaired) electrons. The van der Waals surface area contributed by atoms with Crippen molar-refractivity contribution in [1.82, 2.24) is 9.13 Å². The average Bonchev–Trinajstić information content (AvgIpc) is 1.52. The largest absolute Gasteiger partial charge is 0.316 e. The zero-order valence-electron chi connectivity index (χ0n) is 62.6. The van der Waals surface area contributed by atoms with E-state index in [-0.39, 0.29) is 0 Å². The van der Waals surface area contributed by atoms with Gasteiger partial charge in [-0.3, -0.25) is 0 Å². The maximum Gasteiger partial charge on any atom is 0.0535 e. The third-order valence-corrected chi connectivity index (χ3v) is 23.3. The third kappa shape index (κ3) is 12.4. The van der Waals surface area contributed by atoms with Crippen molar-refractivity contribution in [3.05, 3.63) is 449 Å². The van der Waals surface area contributed by atoms with Crippen molar-refractivity contribution in [2.75, 3.05) is 0 Å². The van der Waals surface area contributed by atoms with E-state index in [0.29, 0.717) is 0 Å². The fourth-order valence-corrected chi connectivity index (χ4v) is 17.5. The molecule has 0 saturated heterocycles. The Balaban J connectivity index is 0.000000145. The summed E-state index contributed by atoms with van der Waals surface area (Å²) in [6.45, 7) is 0. The summed E-state index contributed by atoms with van der Waals surface area (Å²) in [6.07, 6.45) is 4.64. The number of hydrogen-bond donors (Lipinski definition) is 0. The summed E-state index contributed by atoms with van der Waals surface area (Å²) < 4.78 is 4.71. The van der Waals surface area contributed by atoms with E-state index in [1.165, 1.54) is 198 Å². The van der Waals surface area contributed by atoms with Crippen molar-refractivity contribution in [3.63, 3.8) is 0 Å². The number of aromatic nitrogens is 2. The van der Waals surface area contributed by atoms with Gasteiger partial charge in [0.05, 0.1) is 11.0 Å². The van der Waals surface area contributed by atoms with Gasteiger partial charge in [0.25, 0.3) is 0 Å². The molecule has 0 fully saturated rings. The lowest BCUT2D eigenvalue weighted by Gasteiger charge is -2.12. The summed E-state index contributed by atoms with van der Waals surface area (Å²) >= 11 is 0. The highest BCUT2D eigenvalue weighted by molar-refractivity contribution is 6.15. The Morgan fingerprint density at radius 2 is 0.377 bits per heavy atom. The number of fused-ring (bicyclic) bond motifs is 10. The van der Waals surface area contributed by atoms with E-state index in [4.69, 9.17) is 0 Å². The molecule has 0 aliphatic rings. The monoisotopic (exact) mass is 1450 g/mol. The molecule has 20 aromatic carbocycles. The highest BCUT2D eigenvalue weighted by Gasteiger charge is 2.20. The fraction of sp³-hybridized carbons (Fsp3) is 0. The number of rotatable bonds is 12. The van der Waals surface area contributed by atoms with Crippen LogP contribution in [-0.2, 0) is 0 Å². The van der Waals surface area contributed by atoms with Gasteiger partial charge in [-0.1, -0.05) is 376 Å². The summed E-state index contributed by atoms with van der Waals surface area (Å²) in [5, 5.41) is 17.7. The van der Waals surface area contributed by atoms with Crippen LogP contribution < -0.4 is 0 Å².